The van der Waals surface area contributed by atoms with Crippen LogP contribution in [0.2, 0.25) is 0 Å². The number of aromatic nitrogens is 3. The number of fused-ring (bicyclic) bond motifs is 1. The molecule has 0 unspecified atom stereocenters. The molecule has 2 aromatic heterocycles. The number of methoxy groups -OCH3 is 2. The molecule has 0 atom stereocenters. The summed E-state index contributed by atoms with van der Waals surface area (Å²) in [4.78, 5) is 17.2. The molecule has 0 fully saturated rings. The van der Waals surface area contributed by atoms with Crippen LogP contribution >= 0.6 is 11.3 Å². The van der Waals surface area contributed by atoms with Crippen LogP contribution in [-0.4, -0.2) is 34.7 Å². The maximum absolute atomic E-state index is 13.2. The first-order valence-electron chi connectivity index (χ1n) is 8.88. The number of rotatable bonds is 6. The van der Waals surface area contributed by atoms with Crippen molar-refractivity contribution in [1.82, 2.24) is 14.6 Å². The highest BCUT2D eigenvalue weighted by Gasteiger charge is 2.13. The fourth-order valence-corrected chi connectivity index (χ4v) is 3.66. The second-order valence-corrected chi connectivity index (χ2v) is 7.02. The maximum Gasteiger partial charge on any atom is 0.250 e. The third-order valence-electron chi connectivity index (χ3n) is 4.31. The molecule has 30 heavy (non-hydrogen) atoms. The van der Waals surface area contributed by atoms with Crippen molar-refractivity contribution in [3.8, 4) is 22.8 Å². The van der Waals surface area contributed by atoms with Crippen LogP contribution in [0.5, 0.6) is 11.5 Å². The topological polar surface area (TPSA) is 77.8 Å². The third-order valence-corrected chi connectivity index (χ3v) is 5.13. The van der Waals surface area contributed by atoms with E-state index < -0.39 is 0 Å². The molecule has 0 bridgehead atoms. The monoisotopic (exact) mass is 424 g/mol. The van der Waals surface area contributed by atoms with E-state index in [9.17, 15) is 9.18 Å². The molecule has 152 valence electrons. The second kappa shape index (κ2) is 8.34. The smallest absolute Gasteiger partial charge is 0.250 e. The summed E-state index contributed by atoms with van der Waals surface area (Å²) in [6, 6.07) is 11.4. The molecular formula is C21H17FN4O3S. The van der Waals surface area contributed by atoms with Crippen molar-refractivity contribution in [2.24, 2.45) is 0 Å². The molecule has 9 heteroatoms. The molecule has 1 amide bonds. The summed E-state index contributed by atoms with van der Waals surface area (Å²) in [5.41, 5.74) is 2.30. The number of amides is 1. The summed E-state index contributed by atoms with van der Waals surface area (Å²) >= 11 is 1.38. The van der Waals surface area contributed by atoms with Gasteiger partial charge in [0.2, 0.25) is 4.96 Å². The minimum atomic E-state index is -0.380. The summed E-state index contributed by atoms with van der Waals surface area (Å²) < 4.78 is 25.3. The van der Waals surface area contributed by atoms with Crippen LogP contribution in [0.25, 0.3) is 22.3 Å². The number of halogens is 1. The van der Waals surface area contributed by atoms with E-state index in [1.807, 2.05) is 5.38 Å². The zero-order valence-electron chi connectivity index (χ0n) is 16.1. The number of anilines is 1. The fraction of sp³-hybridized carbons (Fsp3) is 0.0952. The SMILES string of the molecule is COc1ccc(/C=C/C(=O)Nc2nc3scc(-c4ccc(F)cc4)n3n2)c(OC)c1. The number of nitrogens with one attached hydrogen (secondary N) is 1. The average Bonchev–Trinajstić information content (AvgIpc) is 3.33. The van der Waals surface area contributed by atoms with Gasteiger partial charge in [-0.2, -0.15) is 4.98 Å². The quantitative estimate of drug-likeness (QED) is 0.468. The number of thiazole rings is 1. The number of hydrogen-bond donors (Lipinski definition) is 1. The van der Waals surface area contributed by atoms with Crippen molar-refractivity contribution in [2.75, 3.05) is 19.5 Å². The zero-order valence-corrected chi connectivity index (χ0v) is 16.9. The van der Waals surface area contributed by atoms with Crippen molar-refractivity contribution in [3.63, 3.8) is 0 Å². The summed E-state index contributed by atoms with van der Waals surface area (Å²) in [6.07, 6.45) is 3.01. The van der Waals surface area contributed by atoms with E-state index in [1.165, 1.54) is 29.5 Å². The van der Waals surface area contributed by atoms with Gasteiger partial charge in [0.05, 0.1) is 19.9 Å². The van der Waals surface area contributed by atoms with E-state index in [0.29, 0.717) is 16.5 Å². The predicted octanol–water partition coefficient (Wildman–Crippen LogP) is 4.27. The number of hydrogen-bond acceptors (Lipinski definition) is 6. The summed E-state index contributed by atoms with van der Waals surface area (Å²) in [6.45, 7) is 0. The Kier molecular flexibility index (Phi) is 5.44. The molecule has 2 heterocycles. The maximum atomic E-state index is 13.2. The van der Waals surface area contributed by atoms with Gasteiger partial charge in [-0.1, -0.05) is 0 Å². The average molecular weight is 424 g/mol. The van der Waals surface area contributed by atoms with Crippen LogP contribution in [0.1, 0.15) is 5.56 Å². The van der Waals surface area contributed by atoms with Gasteiger partial charge in [-0.05, 0) is 42.5 Å². The van der Waals surface area contributed by atoms with Gasteiger partial charge < -0.3 is 9.47 Å². The van der Waals surface area contributed by atoms with E-state index in [-0.39, 0.29) is 17.7 Å². The molecule has 0 saturated heterocycles. The Balaban J connectivity index is 1.51. The van der Waals surface area contributed by atoms with Crippen LogP contribution in [0.4, 0.5) is 10.3 Å². The lowest BCUT2D eigenvalue weighted by atomic mass is 10.1. The lowest BCUT2D eigenvalue weighted by Crippen LogP contribution is -2.09. The van der Waals surface area contributed by atoms with Gasteiger partial charge in [-0.15, -0.1) is 16.4 Å². The molecule has 0 aliphatic carbocycles. The number of carbonyl (C=O) groups is 1. The molecule has 0 radical (unpaired) electrons. The molecular weight excluding hydrogens is 407 g/mol. The molecule has 1 N–H and O–H groups in total. The van der Waals surface area contributed by atoms with Gasteiger partial charge in [-0.25, -0.2) is 8.91 Å². The molecule has 7 nitrogen and oxygen atoms in total. The van der Waals surface area contributed by atoms with Crippen molar-refractivity contribution in [3.05, 3.63) is 65.3 Å². The molecule has 2 aromatic carbocycles. The first-order valence-corrected chi connectivity index (χ1v) is 9.76. The highest BCUT2D eigenvalue weighted by molar-refractivity contribution is 7.15. The van der Waals surface area contributed by atoms with Gasteiger partial charge in [0.15, 0.2) is 0 Å². The van der Waals surface area contributed by atoms with E-state index in [0.717, 1.165) is 16.8 Å². The first-order chi connectivity index (χ1) is 14.6. The molecule has 0 aliphatic heterocycles. The lowest BCUT2D eigenvalue weighted by molar-refractivity contribution is -0.111. The zero-order chi connectivity index (χ0) is 21.1. The lowest BCUT2D eigenvalue weighted by Gasteiger charge is -2.07. The Hall–Kier alpha value is -3.72. The normalized spacial score (nSPS) is 11.2. The Bertz CT molecular complexity index is 1230. The largest absolute Gasteiger partial charge is 0.497 e. The number of ether oxygens (including phenoxy) is 2. The van der Waals surface area contributed by atoms with E-state index in [2.05, 4.69) is 15.4 Å². The summed E-state index contributed by atoms with van der Waals surface area (Å²) in [7, 11) is 3.12. The van der Waals surface area contributed by atoms with Crippen molar-refractivity contribution >= 4 is 34.2 Å². The Morgan fingerprint density at radius 2 is 1.97 bits per heavy atom. The highest BCUT2D eigenvalue weighted by atomic mass is 32.1. The Morgan fingerprint density at radius 3 is 2.70 bits per heavy atom. The summed E-state index contributed by atoms with van der Waals surface area (Å²) in [5.74, 6) is 0.740. The van der Waals surface area contributed by atoms with Crippen molar-refractivity contribution in [2.45, 2.75) is 0 Å². The van der Waals surface area contributed by atoms with Crippen LogP contribution in [0.3, 0.4) is 0 Å². The van der Waals surface area contributed by atoms with E-state index in [1.54, 1.807) is 55.1 Å². The molecule has 4 rings (SSSR count). The second-order valence-electron chi connectivity index (χ2n) is 6.19. The molecule has 0 saturated carbocycles. The molecule has 0 aliphatic rings. The first kappa shape index (κ1) is 19.6. The van der Waals surface area contributed by atoms with Gasteiger partial charge in [0.1, 0.15) is 17.3 Å². The standard InChI is InChI=1S/C21H17FN4O3S/c1-28-16-9-5-14(18(11-16)29-2)6-10-19(27)23-20-24-21-26(25-20)17(12-30-21)13-3-7-15(22)8-4-13/h3-12H,1-2H3,(H,23,25,27)/b10-6+. The summed E-state index contributed by atoms with van der Waals surface area (Å²) in [5, 5.41) is 8.86. The van der Waals surface area contributed by atoms with Gasteiger partial charge >= 0.3 is 0 Å². The fourth-order valence-electron chi connectivity index (χ4n) is 2.83. The Labute approximate surface area is 175 Å². The van der Waals surface area contributed by atoms with Crippen LogP contribution < -0.4 is 14.8 Å². The van der Waals surface area contributed by atoms with Crippen LogP contribution in [-0.2, 0) is 4.79 Å². The van der Waals surface area contributed by atoms with Gasteiger partial charge in [-0.3, -0.25) is 10.1 Å². The van der Waals surface area contributed by atoms with Crippen molar-refractivity contribution < 1.29 is 18.7 Å². The molecule has 4 aromatic rings. The molecule has 0 spiro atoms. The number of carbonyl (C=O) groups excluding carboxylic acids is 1. The minimum Gasteiger partial charge on any atom is -0.497 e. The van der Waals surface area contributed by atoms with E-state index >= 15 is 0 Å². The third kappa shape index (κ3) is 4.01. The highest BCUT2D eigenvalue weighted by Crippen LogP contribution is 2.27. The number of nitrogens with zero attached hydrogens (tertiary/aromatic N) is 3. The minimum absolute atomic E-state index is 0.182. The van der Waals surface area contributed by atoms with Crippen LogP contribution in [0, 0.1) is 5.82 Å². The predicted molar refractivity (Wildman–Crippen MR) is 113 cm³/mol. The van der Waals surface area contributed by atoms with Gasteiger partial charge in [0, 0.05) is 28.6 Å². The van der Waals surface area contributed by atoms with Crippen LogP contribution in [0.15, 0.2) is 53.9 Å². The van der Waals surface area contributed by atoms with Gasteiger partial charge in [0.25, 0.3) is 11.9 Å². The van der Waals surface area contributed by atoms with Crippen molar-refractivity contribution in [1.29, 1.82) is 0 Å². The number of benzene rings is 2. The van der Waals surface area contributed by atoms with E-state index in [4.69, 9.17) is 9.47 Å². The Morgan fingerprint density at radius 1 is 1.17 bits per heavy atom.